The molecule has 6 heteroatoms. The van der Waals surface area contributed by atoms with Crippen molar-refractivity contribution >= 4 is 5.91 Å². The van der Waals surface area contributed by atoms with E-state index in [0.29, 0.717) is 6.42 Å². The number of halogens is 3. The topological polar surface area (TPSA) is 38.3 Å². The maximum absolute atomic E-state index is 12.7. The molecule has 0 aliphatic carbocycles. The molecule has 0 fully saturated rings. The Balaban J connectivity index is 3.17. The number of hydrogen-bond donors (Lipinski definition) is 1. The van der Waals surface area contributed by atoms with Gasteiger partial charge in [0.2, 0.25) is 0 Å². The molecule has 1 rings (SSSR count). The van der Waals surface area contributed by atoms with Gasteiger partial charge in [0, 0.05) is 5.92 Å². The second-order valence-electron chi connectivity index (χ2n) is 7.36. The van der Waals surface area contributed by atoms with Gasteiger partial charge in [0.1, 0.15) is 6.10 Å². The maximum Gasteiger partial charge on any atom is 0.471 e. The summed E-state index contributed by atoms with van der Waals surface area (Å²) < 4.78 is 44.7. The summed E-state index contributed by atoms with van der Waals surface area (Å²) in [6.07, 6.45) is -0.210. The van der Waals surface area contributed by atoms with Gasteiger partial charge in [-0.3, -0.25) is 4.79 Å². The largest absolute Gasteiger partial charge is 0.471 e. The molecule has 0 saturated carbocycles. The lowest BCUT2D eigenvalue weighted by atomic mass is 9.82. The lowest BCUT2D eigenvalue weighted by Gasteiger charge is -2.41. The summed E-state index contributed by atoms with van der Waals surface area (Å²) in [4.78, 5) is 11.5. The number of rotatable bonds is 11. The molecule has 0 saturated heterocycles. The third-order valence-corrected chi connectivity index (χ3v) is 5.23. The first-order valence-corrected chi connectivity index (χ1v) is 9.82. The van der Waals surface area contributed by atoms with Crippen LogP contribution in [0.25, 0.3) is 0 Å². The van der Waals surface area contributed by atoms with E-state index in [0.717, 1.165) is 24.8 Å². The van der Waals surface area contributed by atoms with Gasteiger partial charge in [-0.2, -0.15) is 13.2 Å². The minimum absolute atomic E-state index is 0.0502. The van der Waals surface area contributed by atoms with Crippen LogP contribution in [0.1, 0.15) is 65.0 Å². The molecule has 28 heavy (non-hydrogen) atoms. The molecule has 158 valence electrons. The monoisotopic (exact) mass is 399 g/mol. The highest BCUT2D eigenvalue weighted by Gasteiger charge is 2.42. The number of nitrogens with one attached hydrogen (secondary N) is 1. The van der Waals surface area contributed by atoms with Crippen molar-refractivity contribution in [1.82, 2.24) is 5.32 Å². The summed E-state index contributed by atoms with van der Waals surface area (Å²) in [5, 5.41) is 2.05. The summed E-state index contributed by atoms with van der Waals surface area (Å²) in [6.45, 7) is 11.5. The molecule has 1 N–H and O–H groups in total. The highest BCUT2D eigenvalue weighted by atomic mass is 19.4. The van der Waals surface area contributed by atoms with Crippen LogP contribution in [0.4, 0.5) is 13.2 Å². The number of carbonyl (C=O) groups excluding carboxylic acids is 1. The number of carbonyl (C=O) groups is 1. The van der Waals surface area contributed by atoms with Crippen LogP contribution in [0.15, 0.2) is 43.0 Å². The third kappa shape index (κ3) is 6.66. The molecule has 0 aliphatic heterocycles. The van der Waals surface area contributed by atoms with Gasteiger partial charge in [-0.05, 0) is 32.3 Å². The molecule has 4 atom stereocenters. The second-order valence-corrected chi connectivity index (χ2v) is 7.36. The minimum Gasteiger partial charge on any atom is -0.365 e. The second kappa shape index (κ2) is 10.6. The molecule has 1 aromatic rings. The fourth-order valence-electron chi connectivity index (χ4n) is 3.29. The molecule has 0 radical (unpaired) electrons. The Morgan fingerprint density at radius 2 is 1.86 bits per heavy atom. The predicted molar refractivity (Wildman–Crippen MR) is 106 cm³/mol. The third-order valence-electron chi connectivity index (χ3n) is 5.23. The molecule has 0 aliphatic rings. The Morgan fingerprint density at radius 3 is 2.32 bits per heavy atom. The number of benzene rings is 1. The number of hydrogen-bond acceptors (Lipinski definition) is 2. The molecular weight excluding hydrogens is 367 g/mol. The molecule has 1 aromatic carbocycles. The average Bonchev–Trinajstić information content (AvgIpc) is 2.66. The van der Waals surface area contributed by atoms with Crippen LogP contribution in [0.3, 0.4) is 0 Å². The van der Waals surface area contributed by atoms with Gasteiger partial charge in [-0.15, -0.1) is 6.58 Å². The van der Waals surface area contributed by atoms with E-state index in [2.05, 4.69) is 18.8 Å². The Bertz CT molecular complexity index is 618. The van der Waals surface area contributed by atoms with Crippen molar-refractivity contribution < 1.29 is 22.7 Å². The molecule has 0 heterocycles. The Hall–Kier alpha value is -1.82. The van der Waals surface area contributed by atoms with Gasteiger partial charge >= 0.3 is 12.1 Å². The van der Waals surface area contributed by atoms with Crippen molar-refractivity contribution in [3.05, 3.63) is 48.6 Å². The van der Waals surface area contributed by atoms with E-state index in [4.69, 9.17) is 4.74 Å². The van der Waals surface area contributed by atoms with Crippen LogP contribution in [0, 0.1) is 5.92 Å². The fourth-order valence-corrected chi connectivity index (χ4v) is 3.29. The predicted octanol–water partition coefficient (Wildman–Crippen LogP) is 5.97. The molecule has 0 aromatic heterocycles. The molecule has 3 nitrogen and oxygen atoms in total. The molecule has 0 spiro atoms. The van der Waals surface area contributed by atoms with Crippen LogP contribution in [0.5, 0.6) is 0 Å². The van der Waals surface area contributed by atoms with Gasteiger partial charge in [-0.25, -0.2) is 0 Å². The van der Waals surface area contributed by atoms with Crippen molar-refractivity contribution in [2.45, 2.75) is 77.3 Å². The van der Waals surface area contributed by atoms with Crippen LogP contribution < -0.4 is 5.32 Å². The zero-order valence-corrected chi connectivity index (χ0v) is 17.2. The quantitative estimate of drug-likeness (QED) is 0.465. The van der Waals surface area contributed by atoms with Gasteiger partial charge < -0.3 is 10.1 Å². The van der Waals surface area contributed by atoms with E-state index in [1.54, 1.807) is 24.3 Å². The van der Waals surface area contributed by atoms with E-state index in [1.165, 1.54) is 6.92 Å². The smallest absolute Gasteiger partial charge is 0.365 e. The van der Waals surface area contributed by atoms with E-state index in [-0.39, 0.29) is 5.92 Å². The molecule has 0 unspecified atom stereocenters. The summed E-state index contributed by atoms with van der Waals surface area (Å²) in [7, 11) is 0. The van der Waals surface area contributed by atoms with Crippen molar-refractivity contribution in [3.8, 4) is 0 Å². The summed E-state index contributed by atoms with van der Waals surface area (Å²) >= 11 is 0. The average molecular weight is 399 g/mol. The first kappa shape index (κ1) is 24.2. The lowest BCUT2D eigenvalue weighted by Crippen LogP contribution is -2.47. The van der Waals surface area contributed by atoms with Crippen molar-refractivity contribution in [2.75, 3.05) is 0 Å². The first-order valence-electron chi connectivity index (χ1n) is 9.82. The maximum atomic E-state index is 12.7. The standard InChI is InChI=1S/C22H32F3NO2/c1-6-9-15-18(7-2)21(5,8-3)28-19(17-13-11-10-12-14-17)16(4)26-20(27)22(23,24)25/h7,10-14,16,18-19H,2,6,8-9,15H2,1,3-5H3,(H,26,27)/t16-,18-,19+,21-/m0/s1. The summed E-state index contributed by atoms with van der Waals surface area (Å²) in [5.74, 6) is -1.91. The number of amides is 1. The van der Waals surface area contributed by atoms with E-state index < -0.39 is 29.8 Å². The van der Waals surface area contributed by atoms with Gasteiger partial charge in [0.05, 0.1) is 11.6 Å². The van der Waals surface area contributed by atoms with E-state index in [1.807, 2.05) is 26.0 Å². The van der Waals surface area contributed by atoms with Crippen LogP contribution >= 0.6 is 0 Å². The number of unbranched alkanes of at least 4 members (excludes halogenated alkanes) is 1. The highest BCUT2D eigenvalue weighted by Crippen LogP contribution is 2.37. The Morgan fingerprint density at radius 1 is 1.25 bits per heavy atom. The van der Waals surface area contributed by atoms with E-state index >= 15 is 0 Å². The van der Waals surface area contributed by atoms with E-state index in [9.17, 15) is 18.0 Å². The van der Waals surface area contributed by atoms with Crippen LogP contribution in [-0.2, 0) is 9.53 Å². The van der Waals surface area contributed by atoms with Gasteiger partial charge in [0.25, 0.3) is 0 Å². The van der Waals surface area contributed by atoms with Gasteiger partial charge in [-0.1, -0.05) is 63.1 Å². The SMILES string of the molecule is C=C[C@@H](CCCC)[C@](C)(CC)O[C@@H](c1ccccc1)[C@H](C)NC(=O)C(F)(F)F. The Labute approximate surface area is 166 Å². The van der Waals surface area contributed by atoms with Crippen LogP contribution in [-0.4, -0.2) is 23.7 Å². The van der Waals surface area contributed by atoms with Crippen molar-refractivity contribution in [1.29, 1.82) is 0 Å². The zero-order valence-electron chi connectivity index (χ0n) is 17.2. The summed E-state index contributed by atoms with van der Waals surface area (Å²) in [5.41, 5.74) is 0.102. The van der Waals surface area contributed by atoms with Gasteiger partial charge in [0.15, 0.2) is 0 Å². The molecule has 1 amide bonds. The van der Waals surface area contributed by atoms with Crippen molar-refractivity contribution in [3.63, 3.8) is 0 Å². The molecule has 0 bridgehead atoms. The fraction of sp³-hybridized carbons (Fsp3) is 0.591. The summed E-state index contributed by atoms with van der Waals surface area (Å²) in [6, 6.07) is 8.16. The number of alkyl halides is 3. The van der Waals surface area contributed by atoms with Crippen LogP contribution in [0.2, 0.25) is 0 Å². The Kier molecular flexibility index (Phi) is 9.21. The highest BCUT2D eigenvalue weighted by molar-refractivity contribution is 5.82. The lowest BCUT2D eigenvalue weighted by molar-refractivity contribution is -0.177. The number of ether oxygens (including phenoxy) is 1. The molecular formula is C22H32F3NO2. The van der Waals surface area contributed by atoms with Crippen molar-refractivity contribution in [2.24, 2.45) is 5.92 Å². The first-order chi connectivity index (χ1) is 13.1. The minimum atomic E-state index is -4.94. The zero-order chi connectivity index (χ0) is 21.4. The normalized spacial score (nSPS) is 17.2.